The molecule has 0 spiro atoms. The Morgan fingerprint density at radius 2 is 2.21 bits per heavy atom. The number of hydrogen-bond donors (Lipinski definition) is 0. The van der Waals surface area contributed by atoms with Crippen molar-refractivity contribution in [2.24, 2.45) is 5.92 Å². The lowest BCUT2D eigenvalue weighted by Gasteiger charge is -2.33. The van der Waals surface area contributed by atoms with Crippen molar-refractivity contribution in [3.05, 3.63) is 10.6 Å². The fraction of sp³-hybridized carbons (Fsp3) is 0.769. The van der Waals surface area contributed by atoms with Gasteiger partial charge in [0, 0.05) is 17.9 Å². The summed E-state index contributed by atoms with van der Waals surface area (Å²) in [7, 11) is 0. The van der Waals surface area contributed by atoms with E-state index in [1.165, 1.54) is 11.5 Å². The second-order valence-electron chi connectivity index (χ2n) is 5.11. The number of alkyl halides is 1. The van der Waals surface area contributed by atoms with Gasteiger partial charge in [-0.05, 0) is 36.7 Å². The van der Waals surface area contributed by atoms with Crippen molar-refractivity contribution in [1.82, 2.24) is 14.5 Å². The molecule has 106 valence electrons. The molecule has 0 bridgehead atoms. The summed E-state index contributed by atoms with van der Waals surface area (Å²) in [6, 6.07) is 0. The summed E-state index contributed by atoms with van der Waals surface area (Å²) in [6.45, 7) is 5.98. The molecule has 0 N–H and O–H groups in total. The van der Waals surface area contributed by atoms with Crippen LogP contribution < -0.4 is 0 Å². The number of likely N-dealkylation sites (tertiary alicyclic amines) is 1. The van der Waals surface area contributed by atoms with Gasteiger partial charge >= 0.3 is 0 Å². The summed E-state index contributed by atoms with van der Waals surface area (Å²) >= 11 is 4.88. The van der Waals surface area contributed by atoms with Crippen LogP contribution in [-0.2, 0) is 6.42 Å². The minimum Gasteiger partial charge on any atom is -0.338 e. The normalized spacial score (nSPS) is 18.6. The Hall–Kier alpha value is -0.490. The Kier molecular flexibility index (Phi) is 5.33. The van der Waals surface area contributed by atoms with Gasteiger partial charge in [0.2, 0.25) is 0 Å². The smallest absolute Gasteiger partial charge is 0.267 e. The fourth-order valence-electron chi connectivity index (χ4n) is 2.48. The molecule has 1 amide bonds. The monoisotopic (exact) mass is 345 g/mol. The predicted molar refractivity (Wildman–Crippen MR) is 80.9 cm³/mol. The second-order valence-corrected chi connectivity index (χ2v) is 7.30. The zero-order valence-corrected chi connectivity index (χ0v) is 13.8. The molecule has 2 heterocycles. The molecule has 1 atom stereocenters. The Bertz CT molecular complexity index is 427. The van der Waals surface area contributed by atoms with Crippen LogP contribution in [0.4, 0.5) is 0 Å². The van der Waals surface area contributed by atoms with Gasteiger partial charge in [-0.15, -0.1) is 5.10 Å². The highest BCUT2D eigenvalue weighted by molar-refractivity contribution is 9.09. The molecule has 0 aliphatic carbocycles. The van der Waals surface area contributed by atoms with Gasteiger partial charge < -0.3 is 4.90 Å². The number of aromatic nitrogens is 2. The first-order valence-corrected chi connectivity index (χ1v) is 8.57. The number of aryl methyl sites for hydroxylation is 1. The molecule has 1 saturated heterocycles. The van der Waals surface area contributed by atoms with Crippen LogP contribution >= 0.6 is 27.5 Å². The molecule has 0 saturated carbocycles. The van der Waals surface area contributed by atoms with Gasteiger partial charge in [-0.1, -0.05) is 40.7 Å². The Morgan fingerprint density at radius 1 is 1.53 bits per heavy atom. The first kappa shape index (κ1) is 14.9. The van der Waals surface area contributed by atoms with Crippen LogP contribution in [0, 0.1) is 5.92 Å². The zero-order chi connectivity index (χ0) is 13.8. The summed E-state index contributed by atoms with van der Waals surface area (Å²) in [6.07, 6.45) is 3.99. The number of carbonyl (C=O) groups is 1. The fourth-order valence-corrected chi connectivity index (χ4v) is 3.68. The number of rotatable bonds is 4. The molecule has 1 fully saturated rings. The molecule has 1 aromatic rings. The summed E-state index contributed by atoms with van der Waals surface area (Å²) in [5.41, 5.74) is 0.869. The minimum atomic E-state index is 0.124. The van der Waals surface area contributed by atoms with Gasteiger partial charge in [0.15, 0.2) is 0 Å². The average molecular weight is 346 g/mol. The van der Waals surface area contributed by atoms with Crippen molar-refractivity contribution in [3.63, 3.8) is 0 Å². The van der Waals surface area contributed by atoms with E-state index in [0.29, 0.717) is 10.7 Å². The van der Waals surface area contributed by atoms with E-state index in [1.54, 1.807) is 0 Å². The van der Waals surface area contributed by atoms with Gasteiger partial charge in [0.1, 0.15) is 4.88 Å². The van der Waals surface area contributed by atoms with Crippen LogP contribution in [0.1, 0.15) is 48.5 Å². The van der Waals surface area contributed by atoms with Gasteiger partial charge in [-0.3, -0.25) is 4.79 Å². The summed E-state index contributed by atoms with van der Waals surface area (Å²) in [4.78, 5) is 15.7. The standard InChI is InChI=1S/C13H20BrN3OS/c1-3-4-11-12(19-16-15-11)13(18)17-7-5-10(6-8-17)9(2)14/h9-10H,3-8H2,1-2H3. The zero-order valence-electron chi connectivity index (χ0n) is 11.4. The number of carbonyl (C=O) groups excluding carboxylic acids is 1. The van der Waals surface area contributed by atoms with Crippen molar-refractivity contribution in [2.75, 3.05) is 13.1 Å². The maximum absolute atomic E-state index is 12.5. The molecule has 2 rings (SSSR count). The number of nitrogens with zero attached hydrogens (tertiary/aromatic N) is 3. The summed E-state index contributed by atoms with van der Waals surface area (Å²) in [5, 5.41) is 4.08. The van der Waals surface area contributed by atoms with E-state index in [-0.39, 0.29) is 5.91 Å². The average Bonchev–Trinajstić information content (AvgIpc) is 2.87. The molecule has 1 unspecified atom stereocenters. The second kappa shape index (κ2) is 6.79. The third-order valence-corrected chi connectivity index (χ3v) is 5.22. The van der Waals surface area contributed by atoms with Crippen molar-refractivity contribution >= 4 is 33.4 Å². The number of hydrogen-bond acceptors (Lipinski definition) is 4. The molecule has 0 radical (unpaired) electrons. The van der Waals surface area contributed by atoms with E-state index in [9.17, 15) is 4.79 Å². The summed E-state index contributed by atoms with van der Waals surface area (Å²) in [5.74, 6) is 0.804. The lowest BCUT2D eigenvalue weighted by Crippen LogP contribution is -2.40. The molecular formula is C13H20BrN3OS. The van der Waals surface area contributed by atoms with Crippen molar-refractivity contribution in [3.8, 4) is 0 Å². The predicted octanol–water partition coefficient (Wildman–Crippen LogP) is 3.13. The number of piperidine rings is 1. The van der Waals surface area contributed by atoms with Crippen LogP contribution in [-0.4, -0.2) is 38.3 Å². The van der Waals surface area contributed by atoms with E-state index in [1.807, 2.05) is 4.90 Å². The van der Waals surface area contributed by atoms with E-state index >= 15 is 0 Å². The Labute approximate surface area is 126 Å². The Morgan fingerprint density at radius 3 is 2.79 bits per heavy atom. The van der Waals surface area contributed by atoms with Crippen LogP contribution in [0.25, 0.3) is 0 Å². The highest BCUT2D eigenvalue weighted by Gasteiger charge is 2.28. The lowest BCUT2D eigenvalue weighted by atomic mass is 9.94. The number of amides is 1. The van der Waals surface area contributed by atoms with E-state index in [0.717, 1.165) is 49.3 Å². The maximum atomic E-state index is 12.5. The first-order valence-electron chi connectivity index (χ1n) is 6.88. The van der Waals surface area contributed by atoms with Gasteiger partial charge in [-0.2, -0.15) is 0 Å². The molecule has 4 nitrogen and oxygen atoms in total. The maximum Gasteiger partial charge on any atom is 0.267 e. The molecular weight excluding hydrogens is 326 g/mol. The third kappa shape index (κ3) is 3.54. The molecule has 1 aliphatic heterocycles. The molecule has 1 aliphatic rings. The van der Waals surface area contributed by atoms with Crippen LogP contribution in [0.15, 0.2) is 0 Å². The Balaban J connectivity index is 1.99. The van der Waals surface area contributed by atoms with Crippen molar-refractivity contribution in [2.45, 2.75) is 44.4 Å². The highest BCUT2D eigenvalue weighted by atomic mass is 79.9. The van der Waals surface area contributed by atoms with E-state index in [2.05, 4.69) is 39.4 Å². The van der Waals surface area contributed by atoms with E-state index in [4.69, 9.17) is 0 Å². The van der Waals surface area contributed by atoms with Gasteiger partial charge in [-0.25, -0.2) is 0 Å². The highest BCUT2D eigenvalue weighted by Crippen LogP contribution is 2.26. The van der Waals surface area contributed by atoms with Gasteiger partial charge in [0.05, 0.1) is 5.69 Å². The van der Waals surface area contributed by atoms with Crippen LogP contribution in [0.2, 0.25) is 0 Å². The van der Waals surface area contributed by atoms with Crippen molar-refractivity contribution in [1.29, 1.82) is 0 Å². The summed E-state index contributed by atoms with van der Waals surface area (Å²) < 4.78 is 3.94. The largest absolute Gasteiger partial charge is 0.338 e. The number of halogens is 1. The van der Waals surface area contributed by atoms with E-state index < -0.39 is 0 Å². The minimum absolute atomic E-state index is 0.124. The first-order chi connectivity index (χ1) is 9.13. The van der Waals surface area contributed by atoms with Crippen LogP contribution in [0.5, 0.6) is 0 Å². The van der Waals surface area contributed by atoms with Crippen molar-refractivity contribution < 1.29 is 4.79 Å². The molecule has 19 heavy (non-hydrogen) atoms. The molecule has 0 aromatic carbocycles. The van der Waals surface area contributed by atoms with Gasteiger partial charge in [0.25, 0.3) is 5.91 Å². The molecule has 6 heteroatoms. The SMILES string of the molecule is CCCc1nnsc1C(=O)N1CCC(C(C)Br)CC1. The topological polar surface area (TPSA) is 46.1 Å². The quantitative estimate of drug-likeness (QED) is 0.787. The molecule has 1 aromatic heterocycles. The lowest BCUT2D eigenvalue weighted by molar-refractivity contribution is 0.0695. The van der Waals surface area contributed by atoms with Crippen LogP contribution in [0.3, 0.4) is 0 Å². The third-order valence-electron chi connectivity index (χ3n) is 3.71.